The summed E-state index contributed by atoms with van der Waals surface area (Å²) in [6.45, 7) is 15.7. The van der Waals surface area contributed by atoms with E-state index in [0.717, 1.165) is 89.6 Å². The summed E-state index contributed by atoms with van der Waals surface area (Å²) in [7, 11) is 1.75. The van der Waals surface area contributed by atoms with Gasteiger partial charge in [-0.05, 0) is 92.5 Å². The molecule has 14 nitrogen and oxygen atoms in total. The van der Waals surface area contributed by atoms with Gasteiger partial charge in [0.05, 0.1) is 66.9 Å². The summed E-state index contributed by atoms with van der Waals surface area (Å²) in [6.07, 6.45) is 7.49. The van der Waals surface area contributed by atoms with Gasteiger partial charge in [0.25, 0.3) is 5.91 Å². The summed E-state index contributed by atoms with van der Waals surface area (Å²) < 4.78 is 20.6. The molecule has 6 bridgehead atoms. The quantitative estimate of drug-likeness (QED) is 0.270. The van der Waals surface area contributed by atoms with Gasteiger partial charge in [0, 0.05) is 87.0 Å². The van der Waals surface area contributed by atoms with Gasteiger partial charge in [0.15, 0.2) is 0 Å². The van der Waals surface area contributed by atoms with E-state index < -0.39 is 11.6 Å². The molecule has 0 spiro atoms. The lowest BCUT2D eigenvalue weighted by Gasteiger charge is -2.41. The molecule has 2 amide bonds. The number of aliphatic imine (C=N–C) groups is 1. The molecule has 5 aliphatic heterocycles. The molecule has 0 radical (unpaired) electrons. The SMILES string of the molecule is CCn1c(-c2cc(N3CCN(C4CC4)CC3)cnc2[C@H](C)OC)c2c3cc(ccc31)C1CSC(=N1)C[C@H](NC(=O)[C@H]1[C@@H]3COC[C@@H]31)C(=O)N1CCC[C@](C=O)(COCC(C)(C)C2)N1. The van der Waals surface area contributed by atoms with Crippen molar-refractivity contribution < 1.29 is 28.6 Å². The minimum atomic E-state index is -1.08. The van der Waals surface area contributed by atoms with Gasteiger partial charge in [-0.2, -0.15) is 0 Å². The number of ether oxygens (including phenoxy) is 3. The lowest BCUT2D eigenvalue weighted by atomic mass is 9.84. The standard InChI is InChI=1S/C48H64N8O6S/c1-6-55-40-11-8-30-18-33(40)35(44(55)34-19-32(22-49-43(34)29(2)60-5)54-16-14-53(15-17-54)31-9-10-31)21-47(3,4)27-62-28-48(26-57)12-7-13-56(52-48)46(59)38(20-41-50-39(30)25-63-41)51-45(58)42-36-23-61-24-37(36)42/h8,11,18-19,22,26,29,31,36-39,42,52H,6-7,9-10,12-17,20-21,23-25,27-28H2,1-5H3,(H,51,58)/t29-,36-,37+,38-,39?,42+,48-/m0/s1. The van der Waals surface area contributed by atoms with E-state index in [-0.39, 0.29) is 60.2 Å². The molecule has 2 aromatic heterocycles. The fraction of sp³-hybridized carbons (Fsp3) is 0.646. The Kier molecular flexibility index (Phi) is 11.7. The molecule has 5 fully saturated rings. The highest BCUT2D eigenvalue weighted by molar-refractivity contribution is 8.14. The van der Waals surface area contributed by atoms with Crippen molar-refractivity contribution in [3.8, 4) is 11.3 Å². The van der Waals surface area contributed by atoms with Crippen LogP contribution in [0.2, 0.25) is 0 Å². The molecule has 1 aromatic carbocycles. The minimum Gasteiger partial charge on any atom is -0.381 e. The Hall–Kier alpha value is -3.86. The van der Waals surface area contributed by atoms with Gasteiger partial charge < -0.3 is 33.8 Å². The number of nitrogens with one attached hydrogen (secondary N) is 2. The second kappa shape index (κ2) is 17.2. The summed E-state index contributed by atoms with van der Waals surface area (Å²) in [4.78, 5) is 56.8. The number of aryl methyl sites for hydroxylation is 1. The maximum atomic E-state index is 14.5. The maximum absolute atomic E-state index is 14.5. The number of aromatic nitrogens is 2. The molecule has 63 heavy (non-hydrogen) atoms. The number of carbonyl (C=O) groups excluding carboxylic acids is 3. The largest absolute Gasteiger partial charge is 0.381 e. The first-order valence-electron chi connectivity index (χ1n) is 23.4. The number of nitrogens with zero attached hydrogens (tertiary/aromatic N) is 6. The number of fused-ring (bicyclic) bond motifs is 6. The second-order valence-corrected chi connectivity index (χ2v) is 21.0. The molecular weight excluding hydrogens is 817 g/mol. The van der Waals surface area contributed by atoms with Crippen LogP contribution >= 0.6 is 11.8 Å². The highest BCUT2D eigenvalue weighted by atomic mass is 32.2. The maximum Gasteiger partial charge on any atom is 0.259 e. The predicted octanol–water partition coefficient (Wildman–Crippen LogP) is 5.33. The Balaban J connectivity index is 1.05. The first-order chi connectivity index (χ1) is 30.5. The third-order valence-corrected chi connectivity index (χ3v) is 15.9. The van der Waals surface area contributed by atoms with Crippen LogP contribution in [0.3, 0.4) is 0 Å². The van der Waals surface area contributed by atoms with Crippen LogP contribution in [0.1, 0.15) is 88.8 Å². The van der Waals surface area contributed by atoms with E-state index in [1.165, 1.54) is 23.8 Å². The molecule has 3 aromatic rings. The molecule has 10 rings (SSSR count). The summed E-state index contributed by atoms with van der Waals surface area (Å²) in [6, 6.07) is 8.98. The number of pyridine rings is 1. The van der Waals surface area contributed by atoms with Gasteiger partial charge >= 0.3 is 0 Å². The fourth-order valence-corrected chi connectivity index (χ4v) is 12.1. The molecule has 1 unspecified atom stereocenters. The Labute approximate surface area is 375 Å². The zero-order valence-electron chi connectivity index (χ0n) is 37.6. The van der Waals surface area contributed by atoms with Gasteiger partial charge in [-0.25, -0.2) is 5.43 Å². The molecule has 2 saturated carbocycles. The van der Waals surface area contributed by atoms with Crippen molar-refractivity contribution in [2.75, 3.05) is 76.9 Å². The van der Waals surface area contributed by atoms with E-state index in [4.69, 9.17) is 24.2 Å². The minimum absolute atomic E-state index is 0.104. The number of aldehydes is 1. The molecule has 7 aliphatic rings. The summed E-state index contributed by atoms with van der Waals surface area (Å²) >= 11 is 1.66. The Morgan fingerprint density at radius 2 is 1.89 bits per heavy atom. The van der Waals surface area contributed by atoms with Crippen molar-refractivity contribution in [1.29, 1.82) is 0 Å². The van der Waals surface area contributed by atoms with Crippen LogP contribution in [-0.2, 0) is 41.6 Å². The predicted molar refractivity (Wildman–Crippen MR) is 245 cm³/mol. The number of amides is 2. The van der Waals surface area contributed by atoms with E-state index in [1.807, 2.05) is 6.20 Å². The van der Waals surface area contributed by atoms with E-state index in [9.17, 15) is 14.4 Å². The smallest absolute Gasteiger partial charge is 0.259 e. The Morgan fingerprint density at radius 1 is 1.10 bits per heavy atom. The molecule has 15 heteroatoms. The number of anilines is 1. The normalized spacial score (nSPS) is 30.5. The lowest BCUT2D eigenvalue weighted by molar-refractivity contribution is -0.147. The summed E-state index contributed by atoms with van der Waals surface area (Å²) in [5.74, 6) is 0.663. The van der Waals surface area contributed by atoms with Crippen molar-refractivity contribution >= 4 is 51.5 Å². The third kappa shape index (κ3) is 8.35. The number of hydrogen-bond donors (Lipinski definition) is 2. The second-order valence-electron chi connectivity index (χ2n) is 19.9. The Bertz CT molecular complexity index is 2280. The fourth-order valence-electron chi connectivity index (χ4n) is 11.0. The van der Waals surface area contributed by atoms with Gasteiger partial charge in [-0.3, -0.25) is 29.5 Å². The van der Waals surface area contributed by atoms with Crippen LogP contribution in [-0.4, -0.2) is 132 Å². The number of methoxy groups -OCH3 is 1. The van der Waals surface area contributed by atoms with E-state index in [0.29, 0.717) is 45.6 Å². The van der Waals surface area contributed by atoms with Crippen molar-refractivity contribution in [2.24, 2.45) is 28.2 Å². The molecule has 7 atom stereocenters. The van der Waals surface area contributed by atoms with Crippen molar-refractivity contribution in [3.63, 3.8) is 0 Å². The molecule has 338 valence electrons. The number of carbonyl (C=O) groups is 3. The van der Waals surface area contributed by atoms with Gasteiger partial charge in [-0.15, -0.1) is 11.8 Å². The van der Waals surface area contributed by atoms with Gasteiger partial charge in [-0.1, -0.05) is 19.9 Å². The highest BCUT2D eigenvalue weighted by Gasteiger charge is 2.58. The van der Waals surface area contributed by atoms with Crippen LogP contribution < -0.4 is 15.6 Å². The van der Waals surface area contributed by atoms with E-state index >= 15 is 0 Å². The summed E-state index contributed by atoms with van der Waals surface area (Å²) in [5.41, 5.74) is 9.66. The molecule has 2 aliphatic carbocycles. The molecule has 3 saturated heterocycles. The summed E-state index contributed by atoms with van der Waals surface area (Å²) in [5, 5.41) is 6.71. The van der Waals surface area contributed by atoms with Gasteiger partial charge in [0.1, 0.15) is 17.9 Å². The zero-order valence-corrected chi connectivity index (χ0v) is 38.4. The average Bonchev–Trinajstić information content (AvgIpc) is 4.12. The van der Waals surface area contributed by atoms with E-state index in [2.05, 4.69) is 77.1 Å². The lowest BCUT2D eigenvalue weighted by Crippen LogP contribution is -2.66. The number of benzene rings is 1. The van der Waals surface area contributed by atoms with Crippen LogP contribution in [0, 0.1) is 23.2 Å². The Morgan fingerprint density at radius 3 is 2.62 bits per heavy atom. The number of piperazine rings is 1. The van der Waals surface area contributed by atoms with Crippen molar-refractivity contribution in [2.45, 2.75) is 103 Å². The number of thioether (sulfide) groups is 1. The monoisotopic (exact) mass is 880 g/mol. The van der Waals surface area contributed by atoms with Crippen LogP contribution in [0.15, 0.2) is 35.5 Å². The highest BCUT2D eigenvalue weighted by Crippen LogP contribution is 2.51. The average molecular weight is 881 g/mol. The van der Waals surface area contributed by atoms with Crippen LogP contribution in [0.4, 0.5) is 5.69 Å². The topological polar surface area (TPSA) is 143 Å². The molecule has 2 N–H and O–H groups in total. The first kappa shape index (κ1) is 43.1. The number of hydrogen-bond acceptors (Lipinski definition) is 12. The first-order valence-corrected chi connectivity index (χ1v) is 24.3. The van der Waals surface area contributed by atoms with Crippen molar-refractivity contribution in [3.05, 3.63) is 47.3 Å². The number of hydrazine groups is 1. The van der Waals surface area contributed by atoms with Crippen LogP contribution in [0.25, 0.3) is 22.2 Å². The zero-order chi connectivity index (χ0) is 43.6. The van der Waals surface area contributed by atoms with E-state index in [1.54, 1.807) is 23.9 Å². The van der Waals surface area contributed by atoms with Crippen LogP contribution in [0.5, 0.6) is 0 Å². The van der Waals surface area contributed by atoms with Crippen molar-refractivity contribution in [1.82, 2.24) is 30.2 Å². The molecule has 7 heterocycles. The third-order valence-electron chi connectivity index (χ3n) is 14.9. The van der Waals surface area contributed by atoms with Gasteiger partial charge in [0.2, 0.25) is 5.91 Å². The molecular formula is C48H64N8O6S. The number of rotatable bonds is 9.